The molecule has 66 valence electrons. The highest BCUT2D eigenvalue weighted by atomic mass is 16.2. The molecule has 0 saturated carbocycles. The van der Waals surface area contributed by atoms with Gasteiger partial charge < -0.3 is 16.8 Å². The molecule has 1 unspecified atom stereocenters. The Labute approximate surface area is 67.3 Å². The van der Waals surface area contributed by atoms with Crippen molar-refractivity contribution >= 4 is 6.03 Å². The minimum atomic E-state index is -0.453. The Balaban J connectivity index is 2.97. The summed E-state index contributed by atoms with van der Waals surface area (Å²) in [6.45, 7) is 2.63. The number of primary amides is 1. The van der Waals surface area contributed by atoms with E-state index >= 15 is 0 Å². The lowest BCUT2D eigenvalue weighted by Gasteiger charge is -2.04. The summed E-state index contributed by atoms with van der Waals surface area (Å²) in [5.74, 6) is 0. The third-order valence-corrected chi connectivity index (χ3v) is 1.39. The Morgan fingerprint density at radius 3 is 2.64 bits per heavy atom. The summed E-state index contributed by atoms with van der Waals surface area (Å²) in [6.07, 6.45) is 2.99. The largest absolute Gasteiger partial charge is 0.352 e. The zero-order valence-corrected chi connectivity index (χ0v) is 6.97. The van der Waals surface area contributed by atoms with Crippen LogP contribution in [0.15, 0.2) is 0 Å². The van der Waals surface area contributed by atoms with Crippen molar-refractivity contribution in [3.63, 3.8) is 0 Å². The SMILES string of the molecule is CC(N)CCCCNC(N)=O. The Kier molecular flexibility index (Phi) is 5.56. The summed E-state index contributed by atoms with van der Waals surface area (Å²) in [5.41, 5.74) is 10.4. The second-order valence-corrected chi connectivity index (χ2v) is 2.76. The molecule has 0 aliphatic rings. The first-order valence-electron chi connectivity index (χ1n) is 3.92. The Morgan fingerprint density at radius 1 is 1.55 bits per heavy atom. The van der Waals surface area contributed by atoms with Gasteiger partial charge in [-0.05, 0) is 19.8 Å². The lowest BCUT2D eigenvalue weighted by molar-refractivity contribution is 0.248. The predicted molar refractivity (Wildman–Crippen MR) is 45.1 cm³/mol. The third kappa shape index (κ3) is 9.23. The maximum atomic E-state index is 10.2. The fourth-order valence-corrected chi connectivity index (χ4v) is 0.803. The van der Waals surface area contributed by atoms with Crippen LogP contribution in [0.25, 0.3) is 0 Å². The van der Waals surface area contributed by atoms with Crippen LogP contribution in [0.3, 0.4) is 0 Å². The molecule has 0 saturated heterocycles. The second-order valence-electron chi connectivity index (χ2n) is 2.76. The Bertz CT molecular complexity index is 114. The van der Waals surface area contributed by atoms with Gasteiger partial charge in [-0.3, -0.25) is 0 Å². The molecule has 0 rings (SSSR count). The number of amides is 2. The van der Waals surface area contributed by atoms with Gasteiger partial charge in [-0.2, -0.15) is 0 Å². The van der Waals surface area contributed by atoms with Crippen LogP contribution in [0, 0.1) is 0 Å². The zero-order valence-electron chi connectivity index (χ0n) is 6.97. The van der Waals surface area contributed by atoms with E-state index in [0.29, 0.717) is 6.54 Å². The second kappa shape index (κ2) is 5.97. The van der Waals surface area contributed by atoms with Crippen molar-refractivity contribution in [2.45, 2.75) is 32.2 Å². The van der Waals surface area contributed by atoms with Crippen LogP contribution in [0.4, 0.5) is 4.79 Å². The van der Waals surface area contributed by atoms with Crippen molar-refractivity contribution in [3.05, 3.63) is 0 Å². The van der Waals surface area contributed by atoms with Crippen LogP contribution in [0.5, 0.6) is 0 Å². The number of unbranched alkanes of at least 4 members (excludes halogenated alkanes) is 1. The molecule has 0 aromatic rings. The smallest absolute Gasteiger partial charge is 0.312 e. The van der Waals surface area contributed by atoms with Gasteiger partial charge in [0.05, 0.1) is 0 Å². The van der Waals surface area contributed by atoms with Crippen molar-refractivity contribution in [2.24, 2.45) is 11.5 Å². The highest BCUT2D eigenvalue weighted by Gasteiger charge is 1.94. The summed E-state index contributed by atoms with van der Waals surface area (Å²) in [5, 5.41) is 2.52. The summed E-state index contributed by atoms with van der Waals surface area (Å²) >= 11 is 0. The number of rotatable bonds is 5. The van der Waals surface area contributed by atoms with Crippen LogP contribution in [0.1, 0.15) is 26.2 Å². The highest BCUT2D eigenvalue weighted by Crippen LogP contribution is 1.96. The van der Waals surface area contributed by atoms with Crippen LogP contribution >= 0.6 is 0 Å². The van der Waals surface area contributed by atoms with Crippen molar-refractivity contribution in [1.82, 2.24) is 5.32 Å². The van der Waals surface area contributed by atoms with Crippen molar-refractivity contribution in [2.75, 3.05) is 6.54 Å². The predicted octanol–water partition coefficient (Wildman–Crippen LogP) is 0.172. The van der Waals surface area contributed by atoms with E-state index in [-0.39, 0.29) is 6.04 Å². The molecule has 0 aromatic heterocycles. The maximum Gasteiger partial charge on any atom is 0.312 e. The fourth-order valence-electron chi connectivity index (χ4n) is 0.803. The van der Waals surface area contributed by atoms with Gasteiger partial charge in [-0.15, -0.1) is 0 Å². The maximum absolute atomic E-state index is 10.2. The van der Waals surface area contributed by atoms with Gasteiger partial charge in [0.15, 0.2) is 0 Å². The Hall–Kier alpha value is -0.770. The average molecular weight is 159 g/mol. The lowest BCUT2D eigenvalue weighted by atomic mass is 10.1. The molecular formula is C7H17N3O. The van der Waals surface area contributed by atoms with E-state index in [1.54, 1.807) is 0 Å². The first-order valence-corrected chi connectivity index (χ1v) is 3.92. The van der Waals surface area contributed by atoms with Gasteiger partial charge in [0.1, 0.15) is 0 Å². The molecule has 0 aliphatic carbocycles. The molecule has 0 spiro atoms. The van der Waals surface area contributed by atoms with E-state index in [1.807, 2.05) is 6.92 Å². The number of carbonyl (C=O) groups excluding carboxylic acids is 1. The van der Waals surface area contributed by atoms with Crippen LogP contribution < -0.4 is 16.8 Å². The van der Waals surface area contributed by atoms with Crippen molar-refractivity contribution in [3.8, 4) is 0 Å². The number of nitrogens with one attached hydrogen (secondary N) is 1. The molecule has 4 nitrogen and oxygen atoms in total. The van der Waals surface area contributed by atoms with Gasteiger partial charge >= 0.3 is 6.03 Å². The molecule has 0 aromatic carbocycles. The van der Waals surface area contributed by atoms with E-state index in [2.05, 4.69) is 5.32 Å². The first-order chi connectivity index (χ1) is 5.13. The molecule has 11 heavy (non-hydrogen) atoms. The molecule has 4 heteroatoms. The summed E-state index contributed by atoms with van der Waals surface area (Å²) < 4.78 is 0. The molecule has 0 bridgehead atoms. The molecule has 0 heterocycles. The van der Waals surface area contributed by atoms with Crippen LogP contribution in [0.2, 0.25) is 0 Å². The topological polar surface area (TPSA) is 81.1 Å². The summed E-state index contributed by atoms with van der Waals surface area (Å²) in [7, 11) is 0. The quantitative estimate of drug-likeness (QED) is 0.500. The van der Waals surface area contributed by atoms with E-state index in [1.165, 1.54) is 0 Å². The zero-order chi connectivity index (χ0) is 8.69. The minimum absolute atomic E-state index is 0.253. The number of nitrogens with two attached hydrogens (primary N) is 2. The summed E-state index contributed by atoms with van der Waals surface area (Å²) in [4.78, 5) is 10.2. The average Bonchev–Trinajstić information content (AvgIpc) is 1.85. The molecule has 5 N–H and O–H groups in total. The fraction of sp³-hybridized carbons (Fsp3) is 0.857. The highest BCUT2D eigenvalue weighted by molar-refractivity contribution is 5.71. The van der Waals surface area contributed by atoms with Crippen molar-refractivity contribution in [1.29, 1.82) is 0 Å². The number of hydrogen-bond acceptors (Lipinski definition) is 2. The number of hydrogen-bond donors (Lipinski definition) is 3. The van der Waals surface area contributed by atoms with Gasteiger partial charge in [-0.25, -0.2) is 4.79 Å². The number of urea groups is 1. The monoisotopic (exact) mass is 159 g/mol. The Morgan fingerprint density at radius 2 is 2.18 bits per heavy atom. The van der Waals surface area contributed by atoms with Gasteiger partial charge in [0, 0.05) is 12.6 Å². The van der Waals surface area contributed by atoms with Gasteiger partial charge in [0.25, 0.3) is 0 Å². The summed E-state index contributed by atoms with van der Waals surface area (Å²) in [6, 6.07) is -0.200. The van der Waals surface area contributed by atoms with Crippen molar-refractivity contribution < 1.29 is 4.79 Å². The van der Waals surface area contributed by atoms with Crippen LogP contribution in [-0.2, 0) is 0 Å². The van der Waals surface area contributed by atoms with E-state index < -0.39 is 6.03 Å². The van der Waals surface area contributed by atoms with Gasteiger partial charge in [0.2, 0.25) is 0 Å². The third-order valence-electron chi connectivity index (χ3n) is 1.39. The molecule has 1 atom stereocenters. The molecular weight excluding hydrogens is 142 g/mol. The van der Waals surface area contributed by atoms with Crippen LogP contribution in [-0.4, -0.2) is 18.6 Å². The van der Waals surface area contributed by atoms with E-state index in [0.717, 1.165) is 19.3 Å². The minimum Gasteiger partial charge on any atom is -0.352 e. The molecule has 0 radical (unpaired) electrons. The first kappa shape index (κ1) is 10.2. The number of carbonyl (C=O) groups is 1. The lowest BCUT2D eigenvalue weighted by Crippen LogP contribution is -2.30. The van der Waals surface area contributed by atoms with E-state index in [4.69, 9.17) is 11.5 Å². The standard InChI is InChI=1S/C7H17N3O/c1-6(8)4-2-3-5-10-7(9)11/h6H,2-5,8H2,1H3,(H3,9,10,11). The molecule has 2 amide bonds. The van der Waals surface area contributed by atoms with E-state index in [9.17, 15) is 4.79 Å². The molecule has 0 fully saturated rings. The molecule has 0 aliphatic heterocycles. The normalized spacial score (nSPS) is 12.5. The van der Waals surface area contributed by atoms with Gasteiger partial charge in [-0.1, -0.05) is 6.42 Å².